The van der Waals surface area contributed by atoms with E-state index in [4.69, 9.17) is 21.8 Å². The first-order valence-electron chi connectivity index (χ1n) is 4.19. The number of fused-ring (bicyclic) bond motifs is 1. The number of carbonyl (C=O) groups excluding carboxylic acids is 1. The van der Waals surface area contributed by atoms with Crippen molar-refractivity contribution in [1.82, 2.24) is 0 Å². The summed E-state index contributed by atoms with van der Waals surface area (Å²) in [4.78, 5) is 11.3. The van der Waals surface area contributed by atoms with Gasteiger partial charge in [0.1, 0.15) is 5.58 Å². The van der Waals surface area contributed by atoms with E-state index in [9.17, 15) is 4.79 Å². The highest BCUT2D eigenvalue weighted by atomic mass is 35.5. The summed E-state index contributed by atoms with van der Waals surface area (Å²) in [5, 5.41) is 1.17. The summed E-state index contributed by atoms with van der Waals surface area (Å²) in [5.74, 6) is -0.588. The Bertz CT molecular complexity index is 533. The number of hydrogen-bond acceptors (Lipinski definition) is 4. The van der Waals surface area contributed by atoms with Crippen LogP contribution in [0.1, 0.15) is 10.6 Å². The molecule has 1 heterocycles. The van der Waals surface area contributed by atoms with Crippen molar-refractivity contribution in [3.63, 3.8) is 0 Å². The first-order valence-corrected chi connectivity index (χ1v) is 4.57. The highest BCUT2D eigenvalue weighted by Gasteiger charge is 2.18. The van der Waals surface area contributed by atoms with Crippen LogP contribution in [0, 0.1) is 0 Å². The number of nitrogen functional groups attached to an aromatic ring is 1. The molecule has 0 aliphatic carbocycles. The molecule has 2 aromatic rings. The molecule has 0 aliphatic rings. The molecule has 2 rings (SSSR count). The number of halogens is 1. The van der Waals surface area contributed by atoms with E-state index in [1.54, 1.807) is 18.2 Å². The van der Waals surface area contributed by atoms with Gasteiger partial charge in [-0.2, -0.15) is 0 Å². The van der Waals surface area contributed by atoms with E-state index in [-0.39, 0.29) is 11.4 Å². The predicted octanol–water partition coefficient (Wildman–Crippen LogP) is 2.46. The minimum atomic E-state index is -0.597. The fraction of sp³-hybridized carbons (Fsp3) is 0.100. The van der Waals surface area contributed by atoms with E-state index >= 15 is 0 Å². The van der Waals surface area contributed by atoms with Gasteiger partial charge in [-0.15, -0.1) is 0 Å². The molecule has 0 unspecified atom stereocenters. The molecule has 1 aromatic heterocycles. The van der Waals surface area contributed by atoms with E-state index in [2.05, 4.69) is 4.74 Å². The van der Waals surface area contributed by atoms with Crippen molar-refractivity contribution >= 4 is 34.2 Å². The molecule has 0 fully saturated rings. The lowest BCUT2D eigenvalue weighted by atomic mass is 10.2. The van der Waals surface area contributed by atoms with E-state index in [1.807, 2.05) is 0 Å². The molecule has 15 heavy (non-hydrogen) atoms. The first kappa shape index (κ1) is 9.86. The molecule has 0 spiro atoms. The van der Waals surface area contributed by atoms with Crippen molar-refractivity contribution in [2.75, 3.05) is 12.8 Å². The number of furan rings is 1. The average Bonchev–Trinajstić information content (AvgIpc) is 2.54. The Balaban J connectivity index is 2.69. The van der Waals surface area contributed by atoms with Crippen molar-refractivity contribution in [3.8, 4) is 0 Å². The van der Waals surface area contributed by atoms with Crippen LogP contribution in [0.4, 0.5) is 5.69 Å². The maximum atomic E-state index is 11.3. The molecule has 0 saturated heterocycles. The van der Waals surface area contributed by atoms with Gasteiger partial charge in [0.25, 0.3) is 0 Å². The summed E-state index contributed by atoms with van der Waals surface area (Å²) in [7, 11) is 1.27. The van der Waals surface area contributed by atoms with E-state index in [0.717, 1.165) is 0 Å². The highest BCUT2D eigenvalue weighted by molar-refractivity contribution is 6.31. The second-order valence-corrected chi connectivity index (χ2v) is 3.41. The van der Waals surface area contributed by atoms with E-state index in [1.165, 1.54) is 7.11 Å². The molecular formula is C10H8ClNO3. The lowest BCUT2D eigenvalue weighted by Gasteiger charge is -1.93. The highest BCUT2D eigenvalue weighted by Crippen LogP contribution is 2.30. The van der Waals surface area contributed by atoms with Crippen LogP contribution in [0.15, 0.2) is 22.6 Å². The van der Waals surface area contributed by atoms with Crippen LogP contribution in [0.25, 0.3) is 11.0 Å². The Morgan fingerprint density at radius 2 is 2.27 bits per heavy atom. The zero-order valence-corrected chi connectivity index (χ0v) is 8.67. The predicted molar refractivity (Wildman–Crippen MR) is 57.0 cm³/mol. The van der Waals surface area contributed by atoms with Crippen molar-refractivity contribution in [2.45, 2.75) is 0 Å². The van der Waals surface area contributed by atoms with Gasteiger partial charge < -0.3 is 14.9 Å². The fourth-order valence-electron chi connectivity index (χ4n) is 1.33. The third-order valence-electron chi connectivity index (χ3n) is 2.06. The normalized spacial score (nSPS) is 10.5. The third kappa shape index (κ3) is 1.53. The van der Waals surface area contributed by atoms with Gasteiger partial charge in [-0.05, 0) is 12.1 Å². The number of hydrogen-bond donors (Lipinski definition) is 1. The number of ether oxygens (including phenoxy) is 1. The molecule has 0 saturated carbocycles. The van der Waals surface area contributed by atoms with Gasteiger partial charge in [-0.25, -0.2) is 4.79 Å². The molecule has 0 radical (unpaired) electrons. The third-order valence-corrected chi connectivity index (χ3v) is 2.30. The number of nitrogens with two attached hydrogens (primary N) is 1. The van der Waals surface area contributed by atoms with Crippen molar-refractivity contribution < 1.29 is 13.9 Å². The van der Waals surface area contributed by atoms with Gasteiger partial charge in [-0.1, -0.05) is 11.6 Å². The average molecular weight is 226 g/mol. The maximum Gasteiger partial charge on any atom is 0.376 e. The van der Waals surface area contributed by atoms with Crippen LogP contribution in [0.2, 0.25) is 5.02 Å². The van der Waals surface area contributed by atoms with Crippen LogP contribution in [-0.4, -0.2) is 13.1 Å². The molecule has 0 atom stereocenters. The van der Waals surface area contributed by atoms with E-state index < -0.39 is 5.97 Å². The minimum absolute atomic E-state index is 0.00904. The van der Waals surface area contributed by atoms with Crippen LogP contribution in [0.5, 0.6) is 0 Å². The summed E-state index contributed by atoms with van der Waals surface area (Å²) >= 11 is 5.78. The second-order valence-electron chi connectivity index (χ2n) is 2.98. The summed E-state index contributed by atoms with van der Waals surface area (Å²) in [6.07, 6.45) is 0. The van der Waals surface area contributed by atoms with Crippen LogP contribution in [-0.2, 0) is 4.74 Å². The van der Waals surface area contributed by atoms with Crippen LogP contribution in [0.3, 0.4) is 0 Å². The number of anilines is 1. The van der Waals surface area contributed by atoms with E-state index in [0.29, 0.717) is 16.0 Å². The molecule has 1 aromatic carbocycles. The van der Waals surface area contributed by atoms with Gasteiger partial charge in [0.2, 0.25) is 5.76 Å². The number of benzene rings is 1. The monoisotopic (exact) mass is 225 g/mol. The molecule has 0 amide bonds. The van der Waals surface area contributed by atoms with Crippen molar-refractivity contribution in [1.29, 1.82) is 0 Å². The molecule has 2 N–H and O–H groups in total. The number of methoxy groups -OCH3 is 1. The molecule has 4 nitrogen and oxygen atoms in total. The lowest BCUT2D eigenvalue weighted by Crippen LogP contribution is -2.02. The minimum Gasteiger partial charge on any atom is -0.463 e. The number of carbonyl (C=O) groups is 1. The Morgan fingerprint density at radius 3 is 2.93 bits per heavy atom. The first-order chi connectivity index (χ1) is 7.13. The summed E-state index contributed by atoms with van der Waals surface area (Å²) in [6.45, 7) is 0. The largest absolute Gasteiger partial charge is 0.463 e. The second kappa shape index (κ2) is 3.47. The Labute approximate surface area is 90.6 Å². The molecule has 78 valence electrons. The quantitative estimate of drug-likeness (QED) is 0.757. The zero-order valence-electron chi connectivity index (χ0n) is 7.91. The Morgan fingerprint density at radius 1 is 1.53 bits per heavy atom. The Kier molecular flexibility index (Phi) is 2.28. The van der Waals surface area contributed by atoms with Gasteiger partial charge in [0.15, 0.2) is 0 Å². The SMILES string of the molecule is COC(=O)c1oc2cc(Cl)ccc2c1N. The summed E-state index contributed by atoms with van der Waals surface area (Å²) in [5.41, 5.74) is 6.47. The topological polar surface area (TPSA) is 65.5 Å². The van der Waals surface area contributed by atoms with Crippen molar-refractivity contribution in [3.05, 3.63) is 29.0 Å². The molecule has 0 bridgehead atoms. The summed E-state index contributed by atoms with van der Waals surface area (Å²) < 4.78 is 9.78. The van der Waals surface area contributed by atoms with Crippen molar-refractivity contribution in [2.24, 2.45) is 0 Å². The van der Waals surface area contributed by atoms with Gasteiger partial charge in [0, 0.05) is 16.5 Å². The van der Waals surface area contributed by atoms with Gasteiger partial charge in [0.05, 0.1) is 12.8 Å². The fourth-order valence-corrected chi connectivity index (χ4v) is 1.50. The lowest BCUT2D eigenvalue weighted by molar-refractivity contribution is 0.0569. The van der Waals surface area contributed by atoms with Crippen LogP contribution < -0.4 is 5.73 Å². The smallest absolute Gasteiger partial charge is 0.376 e. The zero-order chi connectivity index (χ0) is 11.0. The summed E-state index contributed by atoms with van der Waals surface area (Å²) in [6, 6.07) is 4.97. The number of rotatable bonds is 1. The molecule has 0 aliphatic heterocycles. The molecule has 5 heteroatoms. The standard InChI is InChI=1S/C10H8ClNO3/c1-14-10(13)9-8(12)6-3-2-5(11)4-7(6)15-9/h2-4H,12H2,1H3. The number of esters is 1. The van der Waals surface area contributed by atoms with Crippen LogP contribution >= 0.6 is 11.6 Å². The molecular weight excluding hydrogens is 218 g/mol. The maximum absolute atomic E-state index is 11.3. The Hall–Kier alpha value is -1.68. The van der Waals surface area contributed by atoms with Gasteiger partial charge in [-0.3, -0.25) is 0 Å². The van der Waals surface area contributed by atoms with Gasteiger partial charge >= 0.3 is 5.97 Å².